The zero-order chi connectivity index (χ0) is 12.3. The van der Waals surface area contributed by atoms with E-state index in [0.29, 0.717) is 26.8 Å². The monoisotopic (exact) mass is 311 g/mol. The van der Waals surface area contributed by atoms with Crippen molar-refractivity contribution >= 4 is 27.5 Å². The maximum atomic E-state index is 8.96. The first kappa shape index (κ1) is 12.0. The number of nitrogens with zero attached hydrogens (tertiary/aromatic N) is 1. The van der Waals surface area contributed by atoms with Crippen molar-refractivity contribution in [1.82, 2.24) is 0 Å². The summed E-state index contributed by atoms with van der Waals surface area (Å²) in [5.74, 6) is 1.12. The van der Waals surface area contributed by atoms with E-state index in [9.17, 15) is 0 Å². The molecule has 0 aliphatic carbocycles. The average molecular weight is 313 g/mol. The standard InChI is InChI=1S/C12H7BrClNO2/c13-12-5-4-8(17-12)7-16-11-3-1-2-10(14)9(11)6-15/h1-5H,7H2. The lowest BCUT2D eigenvalue weighted by Gasteiger charge is -2.06. The highest BCUT2D eigenvalue weighted by Crippen LogP contribution is 2.26. The first-order chi connectivity index (χ1) is 8.20. The van der Waals surface area contributed by atoms with E-state index in [1.165, 1.54) is 0 Å². The molecule has 1 aromatic heterocycles. The third-order valence-corrected chi connectivity index (χ3v) is 2.83. The van der Waals surface area contributed by atoms with Gasteiger partial charge in [-0.3, -0.25) is 0 Å². The number of ether oxygens (including phenoxy) is 1. The Kier molecular flexibility index (Phi) is 3.72. The molecular weight excluding hydrogens is 305 g/mol. The number of furan rings is 1. The Bertz CT molecular complexity index is 574. The lowest BCUT2D eigenvalue weighted by Crippen LogP contribution is -1.96. The number of benzene rings is 1. The number of halogens is 2. The summed E-state index contributed by atoms with van der Waals surface area (Å²) in [7, 11) is 0. The summed E-state index contributed by atoms with van der Waals surface area (Å²) in [6.45, 7) is 0.251. The molecule has 3 nitrogen and oxygen atoms in total. The van der Waals surface area contributed by atoms with Crippen molar-refractivity contribution in [2.75, 3.05) is 0 Å². The third-order valence-electron chi connectivity index (χ3n) is 2.09. The highest BCUT2D eigenvalue weighted by atomic mass is 79.9. The first-order valence-corrected chi connectivity index (χ1v) is 5.93. The van der Waals surface area contributed by atoms with Gasteiger partial charge >= 0.3 is 0 Å². The molecule has 86 valence electrons. The Balaban J connectivity index is 2.14. The third kappa shape index (κ3) is 2.82. The average Bonchev–Trinajstić information content (AvgIpc) is 2.72. The molecule has 0 bridgehead atoms. The maximum absolute atomic E-state index is 8.96. The lowest BCUT2D eigenvalue weighted by molar-refractivity contribution is 0.267. The molecule has 0 radical (unpaired) electrons. The van der Waals surface area contributed by atoms with Crippen molar-refractivity contribution in [2.45, 2.75) is 6.61 Å². The minimum atomic E-state index is 0.251. The molecule has 0 fully saturated rings. The van der Waals surface area contributed by atoms with E-state index in [-0.39, 0.29) is 6.61 Å². The van der Waals surface area contributed by atoms with Gasteiger partial charge in [0, 0.05) is 0 Å². The van der Waals surface area contributed by atoms with Crippen LogP contribution in [0.3, 0.4) is 0 Å². The number of nitriles is 1. The van der Waals surface area contributed by atoms with E-state index in [4.69, 9.17) is 26.0 Å². The fourth-order valence-corrected chi connectivity index (χ4v) is 1.86. The van der Waals surface area contributed by atoms with Crippen LogP contribution in [0.5, 0.6) is 5.75 Å². The van der Waals surface area contributed by atoms with Gasteiger partial charge in [-0.15, -0.1) is 0 Å². The summed E-state index contributed by atoms with van der Waals surface area (Å²) >= 11 is 9.08. The summed E-state index contributed by atoms with van der Waals surface area (Å²) in [4.78, 5) is 0. The van der Waals surface area contributed by atoms with Crippen LogP contribution in [0.2, 0.25) is 5.02 Å². The summed E-state index contributed by atoms with van der Waals surface area (Å²) < 4.78 is 11.4. The maximum Gasteiger partial charge on any atom is 0.169 e. The van der Waals surface area contributed by atoms with Crippen molar-refractivity contribution in [3.63, 3.8) is 0 Å². The largest absolute Gasteiger partial charge is 0.484 e. The zero-order valence-electron chi connectivity index (χ0n) is 8.61. The molecule has 0 unspecified atom stereocenters. The van der Waals surface area contributed by atoms with Gasteiger partial charge in [0.25, 0.3) is 0 Å². The van der Waals surface area contributed by atoms with E-state index < -0.39 is 0 Å². The number of rotatable bonds is 3. The highest BCUT2D eigenvalue weighted by Gasteiger charge is 2.08. The van der Waals surface area contributed by atoms with Crippen LogP contribution in [0.4, 0.5) is 0 Å². The van der Waals surface area contributed by atoms with Gasteiger partial charge in [-0.05, 0) is 40.2 Å². The second kappa shape index (κ2) is 5.26. The molecular formula is C12H7BrClNO2. The molecule has 2 rings (SSSR count). The fourth-order valence-electron chi connectivity index (χ4n) is 1.31. The Morgan fingerprint density at radius 1 is 1.35 bits per heavy atom. The number of hydrogen-bond donors (Lipinski definition) is 0. The van der Waals surface area contributed by atoms with Crippen molar-refractivity contribution < 1.29 is 9.15 Å². The smallest absolute Gasteiger partial charge is 0.169 e. The summed E-state index contributed by atoms with van der Waals surface area (Å²) in [6.07, 6.45) is 0. The molecule has 0 aliphatic heterocycles. The molecule has 0 saturated carbocycles. The van der Waals surface area contributed by atoms with Crippen LogP contribution in [0.1, 0.15) is 11.3 Å². The molecule has 5 heteroatoms. The highest BCUT2D eigenvalue weighted by molar-refractivity contribution is 9.10. The Morgan fingerprint density at radius 3 is 2.82 bits per heavy atom. The van der Waals surface area contributed by atoms with Crippen LogP contribution in [0.25, 0.3) is 0 Å². The molecule has 0 N–H and O–H groups in total. The van der Waals surface area contributed by atoms with Crippen LogP contribution in [0, 0.1) is 11.3 Å². The summed E-state index contributed by atoms with van der Waals surface area (Å²) in [5.41, 5.74) is 0.333. The first-order valence-electron chi connectivity index (χ1n) is 4.76. The van der Waals surface area contributed by atoms with Gasteiger partial charge in [-0.1, -0.05) is 17.7 Å². The molecule has 1 heterocycles. The van der Waals surface area contributed by atoms with E-state index >= 15 is 0 Å². The Hall–Kier alpha value is -1.44. The van der Waals surface area contributed by atoms with Crippen LogP contribution in [0.15, 0.2) is 39.4 Å². The Labute approximate surface area is 112 Å². The van der Waals surface area contributed by atoms with Gasteiger partial charge in [0.1, 0.15) is 29.7 Å². The molecule has 0 saturated heterocycles. The predicted octanol–water partition coefficient (Wildman–Crippen LogP) is 4.15. The topological polar surface area (TPSA) is 46.2 Å². The van der Waals surface area contributed by atoms with Crippen molar-refractivity contribution in [3.8, 4) is 11.8 Å². The summed E-state index contributed by atoms with van der Waals surface area (Å²) in [6, 6.07) is 10.7. The van der Waals surface area contributed by atoms with Crippen molar-refractivity contribution in [1.29, 1.82) is 5.26 Å². The zero-order valence-corrected chi connectivity index (χ0v) is 11.0. The molecule has 0 spiro atoms. The van der Waals surface area contributed by atoms with E-state index in [1.54, 1.807) is 30.3 Å². The van der Waals surface area contributed by atoms with Gasteiger partial charge in [0.2, 0.25) is 0 Å². The van der Waals surface area contributed by atoms with Crippen LogP contribution in [-0.2, 0) is 6.61 Å². The SMILES string of the molecule is N#Cc1c(Cl)cccc1OCc1ccc(Br)o1. The minimum Gasteiger partial charge on any atom is -0.484 e. The molecule has 0 amide bonds. The van der Waals surface area contributed by atoms with E-state index in [0.717, 1.165) is 0 Å². The number of hydrogen-bond acceptors (Lipinski definition) is 3. The predicted molar refractivity (Wildman–Crippen MR) is 66.9 cm³/mol. The van der Waals surface area contributed by atoms with Crippen LogP contribution < -0.4 is 4.74 Å². The van der Waals surface area contributed by atoms with Gasteiger partial charge in [-0.2, -0.15) is 5.26 Å². The molecule has 2 aromatic rings. The summed E-state index contributed by atoms with van der Waals surface area (Å²) in [5, 5.41) is 9.34. The van der Waals surface area contributed by atoms with Crippen LogP contribution >= 0.6 is 27.5 Å². The van der Waals surface area contributed by atoms with Gasteiger partial charge in [0.15, 0.2) is 4.67 Å². The van der Waals surface area contributed by atoms with E-state index in [1.807, 2.05) is 6.07 Å². The molecule has 0 atom stereocenters. The second-order valence-corrected chi connectivity index (χ2v) is 4.41. The van der Waals surface area contributed by atoms with Gasteiger partial charge in [-0.25, -0.2) is 0 Å². The van der Waals surface area contributed by atoms with E-state index in [2.05, 4.69) is 15.9 Å². The fraction of sp³-hybridized carbons (Fsp3) is 0.0833. The molecule has 1 aromatic carbocycles. The quantitative estimate of drug-likeness (QED) is 0.855. The lowest BCUT2D eigenvalue weighted by atomic mass is 10.2. The van der Waals surface area contributed by atoms with Crippen LogP contribution in [-0.4, -0.2) is 0 Å². The second-order valence-electron chi connectivity index (χ2n) is 3.22. The van der Waals surface area contributed by atoms with Crippen molar-refractivity contribution in [3.05, 3.63) is 51.3 Å². The Morgan fingerprint density at radius 2 is 2.18 bits per heavy atom. The minimum absolute atomic E-state index is 0.251. The molecule has 0 aliphatic rings. The van der Waals surface area contributed by atoms with Gasteiger partial charge in [0.05, 0.1) is 5.02 Å². The van der Waals surface area contributed by atoms with Gasteiger partial charge < -0.3 is 9.15 Å². The van der Waals surface area contributed by atoms with Crippen molar-refractivity contribution in [2.24, 2.45) is 0 Å². The molecule has 17 heavy (non-hydrogen) atoms. The normalized spacial score (nSPS) is 9.94.